The van der Waals surface area contributed by atoms with Crippen molar-refractivity contribution in [2.45, 2.75) is 90.4 Å². The Labute approximate surface area is 153 Å². The summed E-state index contributed by atoms with van der Waals surface area (Å²) in [6.45, 7) is 19.0. The van der Waals surface area contributed by atoms with Gasteiger partial charge >= 0.3 is 6.09 Å². The van der Waals surface area contributed by atoms with Crippen LogP contribution in [0.3, 0.4) is 0 Å². The summed E-state index contributed by atoms with van der Waals surface area (Å²) in [5.74, 6) is 0. The van der Waals surface area contributed by atoms with Crippen molar-refractivity contribution in [3.63, 3.8) is 0 Å². The number of hydrogen-bond donors (Lipinski definition) is 1. The van der Waals surface area contributed by atoms with Crippen molar-refractivity contribution in [1.29, 1.82) is 0 Å². The summed E-state index contributed by atoms with van der Waals surface area (Å²) < 4.78 is 17.7. The third-order valence-electron chi connectivity index (χ3n) is 5.00. The van der Waals surface area contributed by atoms with Gasteiger partial charge in [0.2, 0.25) is 0 Å². The SMILES string of the molecule is CC1OC(CO)CN(C(=O)OC(C)(C)C)C1CO[Si](C)(C)C(C)(C)C. The lowest BCUT2D eigenvalue weighted by Crippen LogP contribution is -2.60. The second kappa shape index (κ2) is 7.94. The van der Waals surface area contributed by atoms with Crippen LogP contribution in [0.5, 0.6) is 0 Å². The molecule has 0 bridgehead atoms. The summed E-state index contributed by atoms with van der Waals surface area (Å²) in [5.41, 5.74) is -0.571. The van der Waals surface area contributed by atoms with Crippen molar-refractivity contribution < 1.29 is 23.8 Å². The van der Waals surface area contributed by atoms with Crippen molar-refractivity contribution in [2.24, 2.45) is 0 Å². The molecule has 1 heterocycles. The molecule has 0 aromatic rings. The molecule has 0 spiro atoms. The van der Waals surface area contributed by atoms with Crippen LogP contribution in [0.2, 0.25) is 18.1 Å². The van der Waals surface area contributed by atoms with Crippen molar-refractivity contribution in [2.75, 3.05) is 19.8 Å². The fourth-order valence-electron chi connectivity index (χ4n) is 2.41. The van der Waals surface area contributed by atoms with Gasteiger partial charge in [-0.25, -0.2) is 4.79 Å². The van der Waals surface area contributed by atoms with Crippen LogP contribution in [0, 0.1) is 0 Å². The summed E-state index contributed by atoms with van der Waals surface area (Å²) in [6, 6.07) is -0.230. The molecule has 7 heteroatoms. The molecule has 1 aliphatic rings. The Morgan fingerprint density at radius 2 is 1.80 bits per heavy atom. The number of hydrogen-bond acceptors (Lipinski definition) is 5. The number of aliphatic hydroxyl groups is 1. The molecule has 0 aromatic heterocycles. The fourth-order valence-corrected chi connectivity index (χ4v) is 3.43. The zero-order valence-corrected chi connectivity index (χ0v) is 18.4. The lowest BCUT2D eigenvalue weighted by atomic mass is 10.1. The van der Waals surface area contributed by atoms with E-state index in [-0.39, 0.29) is 29.9 Å². The van der Waals surface area contributed by atoms with Crippen molar-refractivity contribution in [3.05, 3.63) is 0 Å². The minimum atomic E-state index is -1.94. The molecular formula is C18H37NO5Si. The van der Waals surface area contributed by atoms with Gasteiger partial charge in [-0.2, -0.15) is 0 Å². The highest BCUT2D eigenvalue weighted by atomic mass is 28.4. The van der Waals surface area contributed by atoms with Gasteiger partial charge in [0.25, 0.3) is 0 Å². The van der Waals surface area contributed by atoms with Crippen LogP contribution >= 0.6 is 0 Å². The topological polar surface area (TPSA) is 68.2 Å². The maximum absolute atomic E-state index is 12.7. The number of rotatable bonds is 4. The highest BCUT2D eigenvalue weighted by Crippen LogP contribution is 2.37. The van der Waals surface area contributed by atoms with Crippen LogP contribution < -0.4 is 0 Å². The molecule has 1 aliphatic heterocycles. The van der Waals surface area contributed by atoms with Gasteiger partial charge in [-0.3, -0.25) is 4.90 Å². The number of ether oxygens (including phenoxy) is 2. The van der Waals surface area contributed by atoms with E-state index in [1.165, 1.54) is 0 Å². The van der Waals surface area contributed by atoms with Crippen molar-refractivity contribution >= 4 is 14.4 Å². The van der Waals surface area contributed by atoms with E-state index >= 15 is 0 Å². The van der Waals surface area contributed by atoms with Crippen molar-refractivity contribution in [3.8, 4) is 0 Å². The van der Waals surface area contributed by atoms with Gasteiger partial charge in [-0.05, 0) is 45.8 Å². The molecule has 1 rings (SSSR count). The lowest BCUT2D eigenvalue weighted by Gasteiger charge is -2.45. The fraction of sp³-hybridized carbons (Fsp3) is 0.944. The maximum atomic E-state index is 12.7. The second-order valence-electron chi connectivity index (χ2n) is 9.42. The minimum Gasteiger partial charge on any atom is -0.444 e. The molecule has 0 radical (unpaired) electrons. The predicted octanol–water partition coefficient (Wildman–Crippen LogP) is 3.39. The molecule has 6 nitrogen and oxygen atoms in total. The Kier molecular flexibility index (Phi) is 7.12. The molecular weight excluding hydrogens is 338 g/mol. The van der Waals surface area contributed by atoms with Gasteiger partial charge < -0.3 is 19.0 Å². The van der Waals surface area contributed by atoms with Gasteiger partial charge in [0.15, 0.2) is 8.32 Å². The van der Waals surface area contributed by atoms with Gasteiger partial charge in [-0.1, -0.05) is 20.8 Å². The molecule has 1 saturated heterocycles. The number of amides is 1. The third kappa shape index (κ3) is 6.23. The molecule has 3 unspecified atom stereocenters. The monoisotopic (exact) mass is 375 g/mol. The third-order valence-corrected chi connectivity index (χ3v) is 9.50. The normalized spacial score (nSPS) is 25.8. The standard InChI is InChI=1S/C18H37NO5Si/c1-13-15(12-22-25(8,9)18(5,6)7)19(10-14(11-20)23-13)16(21)24-17(2,3)4/h13-15,20H,10-12H2,1-9H3. The molecule has 1 N–H and O–H groups in total. The van der Waals surface area contributed by atoms with Gasteiger partial charge in [-0.15, -0.1) is 0 Å². The highest BCUT2D eigenvalue weighted by Gasteiger charge is 2.42. The Morgan fingerprint density at radius 3 is 2.24 bits per heavy atom. The largest absolute Gasteiger partial charge is 0.444 e. The first-order valence-electron chi connectivity index (χ1n) is 9.08. The van der Waals surface area contributed by atoms with Crippen LogP contribution in [0.4, 0.5) is 4.79 Å². The molecule has 1 amide bonds. The highest BCUT2D eigenvalue weighted by molar-refractivity contribution is 6.74. The lowest BCUT2D eigenvalue weighted by molar-refractivity contribution is -0.131. The number of carbonyl (C=O) groups excluding carboxylic acids is 1. The Balaban J connectivity index is 2.93. The van der Waals surface area contributed by atoms with E-state index in [9.17, 15) is 9.90 Å². The van der Waals surface area contributed by atoms with E-state index in [0.29, 0.717) is 13.2 Å². The van der Waals surface area contributed by atoms with E-state index in [2.05, 4.69) is 33.9 Å². The van der Waals surface area contributed by atoms with E-state index in [4.69, 9.17) is 13.9 Å². The summed E-state index contributed by atoms with van der Waals surface area (Å²) in [6.07, 6.45) is -1.01. The van der Waals surface area contributed by atoms with Gasteiger partial charge in [0.1, 0.15) is 5.60 Å². The smallest absolute Gasteiger partial charge is 0.410 e. The van der Waals surface area contributed by atoms with E-state index in [0.717, 1.165) is 0 Å². The van der Waals surface area contributed by atoms with Crippen LogP contribution in [0.15, 0.2) is 0 Å². The quantitative estimate of drug-likeness (QED) is 0.763. The Hall–Kier alpha value is -0.633. The first kappa shape index (κ1) is 22.4. The van der Waals surface area contributed by atoms with Crippen LogP contribution in [0.25, 0.3) is 0 Å². The summed E-state index contributed by atoms with van der Waals surface area (Å²) >= 11 is 0. The van der Waals surface area contributed by atoms with Crippen LogP contribution in [-0.4, -0.2) is 68.0 Å². The molecule has 25 heavy (non-hydrogen) atoms. The molecule has 0 saturated carbocycles. The molecule has 0 aromatic carbocycles. The molecule has 3 atom stereocenters. The summed E-state index contributed by atoms with van der Waals surface area (Å²) in [7, 11) is -1.94. The number of nitrogens with zero attached hydrogens (tertiary/aromatic N) is 1. The zero-order valence-electron chi connectivity index (χ0n) is 17.4. The van der Waals surface area contributed by atoms with Crippen LogP contribution in [0.1, 0.15) is 48.5 Å². The van der Waals surface area contributed by atoms with E-state index < -0.39 is 20.0 Å². The van der Waals surface area contributed by atoms with Gasteiger partial charge in [0, 0.05) is 0 Å². The van der Waals surface area contributed by atoms with Crippen LogP contribution in [-0.2, 0) is 13.9 Å². The van der Waals surface area contributed by atoms with Crippen molar-refractivity contribution in [1.82, 2.24) is 4.90 Å². The predicted molar refractivity (Wildman–Crippen MR) is 101 cm³/mol. The number of aliphatic hydroxyl groups excluding tert-OH is 1. The zero-order chi connectivity index (χ0) is 19.6. The first-order valence-corrected chi connectivity index (χ1v) is 12.0. The Morgan fingerprint density at radius 1 is 1.24 bits per heavy atom. The Bertz CT molecular complexity index is 455. The number of carbonyl (C=O) groups is 1. The molecule has 1 fully saturated rings. The number of morpholine rings is 1. The summed E-state index contributed by atoms with van der Waals surface area (Å²) in [4.78, 5) is 14.3. The summed E-state index contributed by atoms with van der Waals surface area (Å²) in [5, 5.41) is 9.56. The van der Waals surface area contributed by atoms with Gasteiger partial charge in [0.05, 0.1) is 38.0 Å². The first-order chi connectivity index (χ1) is 11.2. The molecule has 0 aliphatic carbocycles. The second-order valence-corrected chi connectivity index (χ2v) is 14.2. The molecule has 148 valence electrons. The van der Waals surface area contributed by atoms with E-state index in [1.54, 1.807) is 4.90 Å². The van der Waals surface area contributed by atoms with E-state index in [1.807, 2.05) is 27.7 Å². The maximum Gasteiger partial charge on any atom is 0.410 e. The average molecular weight is 376 g/mol. The average Bonchev–Trinajstić information content (AvgIpc) is 2.42. The minimum absolute atomic E-state index is 0.0934.